The average molecular weight is 409 g/mol. The van der Waals surface area contributed by atoms with Crippen LogP contribution in [-0.2, 0) is 0 Å². The van der Waals surface area contributed by atoms with E-state index >= 15 is 0 Å². The van der Waals surface area contributed by atoms with Crippen molar-refractivity contribution in [3.8, 4) is 11.5 Å². The van der Waals surface area contributed by atoms with Crippen LogP contribution in [0.15, 0.2) is 23.2 Å². The number of benzene rings is 1. The summed E-state index contributed by atoms with van der Waals surface area (Å²) in [5, 5.41) is 4.25. The highest BCUT2D eigenvalue weighted by Crippen LogP contribution is 2.31. The number of ether oxygens (including phenoxy) is 2. The molecule has 0 saturated carbocycles. The second kappa shape index (κ2) is 10.8. The third-order valence-corrected chi connectivity index (χ3v) is 6.76. The van der Waals surface area contributed by atoms with Crippen molar-refractivity contribution in [1.29, 1.82) is 0 Å². The number of rotatable bonds is 7. The van der Waals surface area contributed by atoms with Crippen molar-refractivity contribution in [3.63, 3.8) is 0 Å². The standard InChI is InChI=1S/C21H36N4O2S/c1-15(2)20-14-25(10-11-28-20)21(22-3)23-13-17(24(4)5)16-8-9-18(26-6)19(12-16)27-7/h8-9,12,15,17,20H,10-11,13-14H2,1-7H3,(H,22,23). The van der Waals surface area contributed by atoms with Gasteiger partial charge in [-0.1, -0.05) is 19.9 Å². The van der Waals surface area contributed by atoms with Gasteiger partial charge >= 0.3 is 0 Å². The second-order valence-corrected chi connectivity index (χ2v) is 8.97. The summed E-state index contributed by atoms with van der Waals surface area (Å²) in [6.07, 6.45) is 0. The molecular formula is C21H36N4O2S. The van der Waals surface area contributed by atoms with Crippen molar-refractivity contribution in [2.24, 2.45) is 10.9 Å². The number of methoxy groups -OCH3 is 2. The monoisotopic (exact) mass is 408 g/mol. The van der Waals surface area contributed by atoms with E-state index in [1.807, 2.05) is 13.1 Å². The van der Waals surface area contributed by atoms with Gasteiger partial charge in [-0.15, -0.1) is 0 Å². The largest absolute Gasteiger partial charge is 0.493 e. The van der Waals surface area contributed by atoms with E-state index in [9.17, 15) is 0 Å². The molecule has 1 fully saturated rings. The van der Waals surface area contributed by atoms with Gasteiger partial charge in [0.1, 0.15) is 0 Å². The Bertz CT molecular complexity index is 651. The van der Waals surface area contributed by atoms with Gasteiger partial charge in [-0.05, 0) is 37.7 Å². The molecule has 2 rings (SSSR count). The molecule has 0 spiro atoms. The second-order valence-electron chi connectivity index (χ2n) is 7.62. The Morgan fingerprint density at radius 1 is 1.29 bits per heavy atom. The van der Waals surface area contributed by atoms with E-state index in [0.717, 1.165) is 42.8 Å². The molecule has 2 unspecified atom stereocenters. The molecule has 1 aliphatic rings. The fraction of sp³-hybridized carbons (Fsp3) is 0.667. The van der Waals surface area contributed by atoms with E-state index in [2.05, 4.69) is 71.9 Å². The van der Waals surface area contributed by atoms with E-state index < -0.39 is 0 Å². The zero-order chi connectivity index (χ0) is 20.7. The number of nitrogens with one attached hydrogen (secondary N) is 1. The van der Waals surface area contributed by atoms with E-state index in [-0.39, 0.29) is 6.04 Å². The summed E-state index contributed by atoms with van der Waals surface area (Å²) in [5.74, 6) is 4.31. The minimum absolute atomic E-state index is 0.191. The zero-order valence-electron chi connectivity index (χ0n) is 18.4. The molecule has 0 radical (unpaired) electrons. The van der Waals surface area contributed by atoms with Crippen LogP contribution in [0.5, 0.6) is 11.5 Å². The minimum atomic E-state index is 0.191. The fourth-order valence-corrected chi connectivity index (χ4v) is 4.75. The number of guanidine groups is 1. The maximum Gasteiger partial charge on any atom is 0.193 e. The molecule has 0 bridgehead atoms. The molecule has 0 aliphatic carbocycles. The predicted octanol–water partition coefficient (Wildman–Crippen LogP) is 2.96. The lowest BCUT2D eigenvalue weighted by Gasteiger charge is -2.37. The maximum atomic E-state index is 5.48. The van der Waals surface area contributed by atoms with E-state index in [1.165, 1.54) is 5.56 Å². The highest BCUT2D eigenvalue weighted by atomic mass is 32.2. The topological polar surface area (TPSA) is 49.3 Å². The van der Waals surface area contributed by atoms with Gasteiger partial charge in [-0.2, -0.15) is 11.8 Å². The molecule has 1 N–H and O–H groups in total. The van der Waals surface area contributed by atoms with Gasteiger partial charge in [0.25, 0.3) is 0 Å². The quantitative estimate of drug-likeness (QED) is 0.553. The number of thioether (sulfide) groups is 1. The van der Waals surface area contributed by atoms with Gasteiger partial charge in [0.15, 0.2) is 17.5 Å². The van der Waals surface area contributed by atoms with Crippen LogP contribution in [0.2, 0.25) is 0 Å². The van der Waals surface area contributed by atoms with Crippen molar-refractivity contribution >= 4 is 17.7 Å². The Balaban J connectivity index is 2.10. The lowest BCUT2D eigenvalue weighted by Crippen LogP contribution is -2.50. The first-order chi connectivity index (χ1) is 13.4. The van der Waals surface area contributed by atoms with Gasteiger partial charge in [0.05, 0.1) is 20.3 Å². The van der Waals surface area contributed by atoms with Gasteiger partial charge in [-0.25, -0.2) is 0 Å². The number of nitrogens with zero attached hydrogens (tertiary/aromatic N) is 3. The molecular weight excluding hydrogens is 372 g/mol. The van der Waals surface area contributed by atoms with Crippen molar-refractivity contribution < 1.29 is 9.47 Å². The number of hydrogen-bond donors (Lipinski definition) is 1. The average Bonchev–Trinajstić information content (AvgIpc) is 2.70. The van der Waals surface area contributed by atoms with Crippen LogP contribution in [0.3, 0.4) is 0 Å². The molecule has 158 valence electrons. The van der Waals surface area contributed by atoms with Crippen LogP contribution in [0.4, 0.5) is 0 Å². The van der Waals surface area contributed by atoms with Crippen molar-refractivity contribution in [2.45, 2.75) is 25.1 Å². The van der Waals surface area contributed by atoms with Crippen LogP contribution in [0, 0.1) is 5.92 Å². The summed E-state index contributed by atoms with van der Waals surface area (Å²) in [6, 6.07) is 6.31. The number of aliphatic imine (C=N–C) groups is 1. The summed E-state index contributed by atoms with van der Waals surface area (Å²) in [5.41, 5.74) is 1.18. The van der Waals surface area contributed by atoms with Crippen molar-refractivity contribution in [1.82, 2.24) is 15.1 Å². The van der Waals surface area contributed by atoms with Gasteiger partial charge in [0.2, 0.25) is 0 Å². The third kappa shape index (κ3) is 5.70. The summed E-state index contributed by atoms with van der Waals surface area (Å²) >= 11 is 2.08. The normalized spacial score (nSPS) is 19.1. The van der Waals surface area contributed by atoms with E-state index in [4.69, 9.17) is 9.47 Å². The Morgan fingerprint density at radius 2 is 2.00 bits per heavy atom. The highest BCUT2D eigenvalue weighted by molar-refractivity contribution is 8.00. The first kappa shape index (κ1) is 22.7. The Kier molecular flexibility index (Phi) is 8.76. The molecule has 0 amide bonds. The van der Waals surface area contributed by atoms with Gasteiger partial charge in [-0.3, -0.25) is 4.99 Å². The van der Waals surface area contributed by atoms with Crippen LogP contribution in [-0.4, -0.2) is 81.8 Å². The van der Waals surface area contributed by atoms with Crippen LogP contribution >= 0.6 is 11.8 Å². The highest BCUT2D eigenvalue weighted by Gasteiger charge is 2.25. The summed E-state index contributed by atoms with van der Waals surface area (Å²) in [7, 11) is 9.39. The Hall–Kier alpha value is -1.60. The lowest BCUT2D eigenvalue weighted by molar-refractivity contribution is 0.291. The number of hydrogen-bond acceptors (Lipinski definition) is 5. The molecule has 1 saturated heterocycles. The van der Waals surface area contributed by atoms with Crippen LogP contribution in [0.25, 0.3) is 0 Å². The first-order valence-corrected chi connectivity index (χ1v) is 10.9. The van der Waals surface area contributed by atoms with Gasteiger partial charge < -0.3 is 24.6 Å². The smallest absolute Gasteiger partial charge is 0.193 e. The summed E-state index contributed by atoms with van der Waals surface area (Å²) in [4.78, 5) is 9.15. The van der Waals surface area contributed by atoms with Crippen molar-refractivity contribution in [3.05, 3.63) is 23.8 Å². The molecule has 1 heterocycles. The minimum Gasteiger partial charge on any atom is -0.493 e. The fourth-order valence-electron chi connectivity index (χ4n) is 3.45. The Labute approximate surface area is 174 Å². The van der Waals surface area contributed by atoms with Crippen molar-refractivity contribution in [2.75, 3.05) is 60.7 Å². The number of likely N-dealkylation sites (N-methyl/N-ethyl adjacent to an activating group) is 1. The molecule has 28 heavy (non-hydrogen) atoms. The zero-order valence-corrected chi connectivity index (χ0v) is 19.2. The van der Waals surface area contributed by atoms with E-state index in [0.29, 0.717) is 11.2 Å². The summed E-state index contributed by atoms with van der Waals surface area (Å²) < 4.78 is 10.9. The molecule has 6 nitrogen and oxygen atoms in total. The van der Waals surface area contributed by atoms with Crippen LogP contribution < -0.4 is 14.8 Å². The first-order valence-electron chi connectivity index (χ1n) is 9.86. The summed E-state index contributed by atoms with van der Waals surface area (Å²) in [6.45, 7) is 7.46. The third-order valence-electron chi connectivity index (χ3n) is 5.22. The molecule has 2 atom stereocenters. The lowest BCUT2D eigenvalue weighted by atomic mass is 10.1. The van der Waals surface area contributed by atoms with Gasteiger partial charge in [0, 0.05) is 37.7 Å². The maximum absolute atomic E-state index is 5.48. The van der Waals surface area contributed by atoms with E-state index in [1.54, 1.807) is 14.2 Å². The molecule has 1 aromatic carbocycles. The van der Waals surface area contributed by atoms with Crippen LogP contribution in [0.1, 0.15) is 25.5 Å². The molecule has 1 aliphatic heterocycles. The molecule has 1 aromatic rings. The predicted molar refractivity (Wildman–Crippen MR) is 120 cm³/mol. The Morgan fingerprint density at radius 3 is 2.57 bits per heavy atom. The molecule has 0 aromatic heterocycles. The molecule has 7 heteroatoms. The SMILES string of the molecule is CN=C(NCC(c1ccc(OC)c(OC)c1)N(C)C)N1CCSC(C(C)C)C1.